The number of nitrogens with zero attached hydrogens (tertiary/aromatic N) is 1. The fourth-order valence-electron chi connectivity index (χ4n) is 1.74. The van der Waals surface area contributed by atoms with Gasteiger partial charge in [0.05, 0.1) is 16.8 Å². The average Bonchev–Trinajstić information content (AvgIpc) is 2.57. The summed E-state index contributed by atoms with van der Waals surface area (Å²) in [6, 6.07) is 4.85. The summed E-state index contributed by atoms with van der Waals surface area (Å²) in [6.07, 6.45) is -1.62. The molecule has 0 atom stereocenters. The van der Waals surface area contributed by atoms with Gasteiger partial charge in [-0.1, -0.05) is 50.8 Å². The van der Waals surface area contributed by atoms with Crippen molar-refractivity contribution in [2.75, 3.05) is 0 Å². The molecule has 0 spiro atoms. The molecule has 1 aromatic rings. The Morgan fingerprint density at radius 3 is 2.31 bits per heavy atom. The van der Waals surface area contributed by atoms with Crippen LogP contribution < -0.4 is 5.73 Å². The summed E-state index contributed by atoms with van der Waals surface area (Å²) in [5, 5.41) is 9.80. The van der Waals surface area contributed by atoms with Crippen LogP contribution in [-0.2, 0) is 0 Å². The number of benzene rings is 1. The number of aryl methyl sites for hydroxylation is 1. The highest BCUT2D eigenvalue weighted by Crippen LogP contribution is 2.26. The Bertz CT molecular complexity index is 742. The number of phenolic OH excluding ortho intramolecular Hbond substituents is 1. The Hall–Kier alpha value is -2.76. The zero-order chi connectivity index (χ0) is 20.5. The number of alkyl halides is 3. The molecule has 0 bridgehead atoms. The SMILES string of the molecule is C=C/C(=C\C=C(/C)C(=C)N=C(N)c1cc(C)ccc1O)C(F)(F)F.CC. The lowest BCUT2D eigenvalue weighted by atomic mass is 10.1. The minimum atomic E-state index is -4.48. The van der Waals surface area contributed by atoms with Gasteiger partial charge in [0.2, 0.25) is 0 Å². The third-order valence-corrected chi connectivity index (χ3v) is 3.20. The average molecular weight is 366 g/mol. The van der Waals surface area contributed by atoms with Crippen molar-refractivity contribution in [3.8, 4) is 5.75 Å². The number of amidine groups is 1. The Morgan fingerprint density at radius 1 is 1.23 bits per heavy atom. The monoisotopic (exact) mass is 366 g/mol. The first-order valence-electron chi connectivity index (χ1n) is 7.98. The largest absolute Gasteiger partial charge is 0.507 e. The number of aromatic hydroxyl groups is 1. The van der Waals surface area contributed by atoms with Crippen LogP contribution >= 0.6 is 0 Å². The van der Waals surface area contributed by atoms with E-state index in [-0.39, 0.29) is 17.3 Å². The van der Waals surface area contributed by atoms with Crippen molar-refractivity contribution in [3.63, 3.8) is 0 Å². The molecule has 1 rings (SSSR count). The van der Waals surface area contributed by atoms with Gasteiger partial charge in [-0.2, -0.15) is 13.2 Å². The smallest absolute Gasteiger partial charge is 0.416 e. The molecule has 0 aliphatic rings. The van der Waals surface area contributed by atoms with E-state index in [1.165, 1.54) is 12.1 Å². The summed E-state index contributed by atoms with van der Waals surface area (Å²) in [5.41, 5.74) is 6.77. The van der Waals surface area contributed by atoms with Crippen LogP contribution in [0.2, 0.25) is 0 Å². The maximum atomic E-state index is 12.6. The maximum absolute atomic E-state index is 12.6. The van der Waals surface area contributed by atoms with Crippen molar-refractivity contribution in [3.05, 3.63) is 77.6 Å². The minimum Gasteiger partial charge on any atom is -0.507 e. The van der Waals surface area contributed by atoms with Crippen molar-refractivity contribution < 1.29 is 18.3 Å². The summed E-state index contributed by atoms with van der Waals surface area (Å²) in [7, 11) is 0. The van der Waals surface area contributed by atoms with Crippen LogP contribution in [0.5, 0.6) is 5.75 Å². The molecule has 0 aliphatic carbocycles. The van der Waals surface area contributed by atoms with Crippen LogP contribution in [0.1, 0.15) is 31.9 Å². The van der Waals surface area contributed by atoms with E-state index >= 15 is 0 Å². The highest BCUT2D eigenvalue weighted by atomic mass is 19.4. The molecule has 26 heavy (non-hydrogen) atoms. The quantitative estimate of drug-likeness (QED) is 0.407. The molecule has 1 aromatic carbocycles. The summed E-state index contributed by atoms with van der Waals surface area (Å²) in [6.45, 7) is 14.2. The van der Waals surface area contributed by atoms with E-state index in [4.69, 9.17) is 5.73 Å². The van der Waals surface area contributed by atoms with Gasteiger partial charge >= 0.3 is 6.18 Å². The molecule has 0 saturated carbocycles. The van der Waals surface area contributed by atoms with Gasteiger partial charge in [0, 0.05) is 0 Å². The molecule has 6 heteroatoms. The van der Waals surface area contributed by atoms with Crippen LogP contribution in [0.3, 0.4) is 0 Å². The molecular weight excluding hydrogens is 341 g/mol. The third kappa shape index (κ3) is 7.01. The first-order valence-corrected chi connectivity index (χ1v) is 7.98. The van der Waals surface area contributed by atoms with Crippen LogP contribution in [0, 0.1) is 6.92 Å². The van der Waals surface area contributed by atoms with Crippen molar-refractivity contribution in [1.82, 2.24) is 0 Å². The standard InChI is InChI=1S/C18H19F3N2O.C2H6/c1-5-14(18(19,20)21)8-7-12(3)13(4)23-17(22)15-10-11(2)6-9-16(15)24;1-2/h5-10,24H,1,4H2,2-3H3,(H2,22,23);1-2H3/b12-7+,14-8+;. The number of halogens is 3. The maximum Gasteiger partial charge on any atom is 0.416 e. The molecule has 3 nitrogen and oxygen atoms in total. The zero-order valence-corrected chi connectivity index (χ0v) is 15.5. The third-order valence-electron chi connectivity index (χ3n) is 3.20. The van der Waals surface area contributed by atoms with E-state index in [2.05, 4.69) is 18.2 Å². The Kier molecular flexibility index (Phi) is 9.19. The molecule has 0 amide bonds. The van der Waals surface area contributed by atoms with E-state index in [1.54, 1.807) is 19.1 Å². The van der Waals surface area contributed by atoms with Gasteiger partial charge in [-0.05, 0) is 37.6 Å². The summed E-state index contributed by atoms with van der Waals surface area (Å²) >= 11 is 0. The van der Waals surface area contributed by atoms with Crippen LogP contribution in [0.25, 0.3) is 0 Å². The lowest BCUT2D eigenvalue weighted by Gasteiger charge is -2.08. The Balaban J connectivity index is 0.00000301. The topological polar surface area (TPSA) is 58.6 Å². The van der Waals surface area contributed by atoms with E-state index < -0.39 is 11.7 Å². The Labute approximate surface area is 152 Å². The first kappa shape index (κ1) is 23.2. The summed E-state index contributed by atoms with van der Waals surface area (Å²) < 4.78 is 37.9. The van der Waals surface area contributed by atoms with Gasteiger partial charge < -0.3 is 10.8 Å². The van der Waals surface area contributed by atoms with Crippen molar-refractivity contribution in [2.45, 2.75) is 33.9 Å². The van der Waals surface area contributed by atoms with Gasteiger partial charge in [0.1, 0.15) is 11.6 Å². The number of phenols is 1. The molecular formula is C20H25F3N2O. The van der Waals surface area contributed by atoms with Gasteiger partial charge in [0.25, 0.3) is 0 Å². The highest BCUT2D eigenvalue weighted by Gasteiger charge is 2.30. The minimum absolute atomic E-state index is 0.0256. The zero-order valence-electron chi connectivity index (χ0n) is 15.5. The van der Waals surface area contributed by atoms with E-state index in [9.17, 15) is 18.3 Å². The molecule has 0 saturated heterocycles. The number of aliphatic imine (C=N–C) groups is 1. The second kappa shape index (κ2) is 10.3. The van der Waals surface area contributed by atoms with Crippen molar-refractivity contribution >= 4 is 5.84 Å². The van der Waals surface area contributed by atoms with E-state index in [1.807, 2.05) is 20.8 Å². The number of rotatable bonds is 5. The van der Waals surface area contributed by atoms with Crippen LogP contribution in [0.4, 0.5) is 13.2 Å². The second-order valence-corrected chi connectivity index (χ2v) is 5.14. The van der Waals surface area contributed by atoms with Gasteiger partial charge in [-0.3, -0.25) is 0 Å². The molecule has 0 fully saturated rings. The number of hydrogen-bond acceptors (Lipinski definition) is 2. The normalized spacial score (nSPS) is 13.0. The molecule has 0 heterocycles. The van der Waals surface area contributed by atoms with Gasteiger partial charge in [-0.15, -0.1) is 0 Å². The highest BCUT2D eigenvalue weighted by molar-refractivity contribution is 6.00. The molecule has 3 N–H and O–H groups in total. The van der Waals surface area contributed by atoms with Crippen molar-refractivity contribution in [1.29, 1.82) is 0 Å². The summed E-state index contributed by atoms with van der Waals surface area (Å²) in [5.74, 6) is -0.0140. The molecule has 0 aliphatic heterocycles. The Morgan fingerprint density at radius 2 is 1.81 bits per heavy atom. The predicted octanol–water partition coefficient (Wildman–Crippen LogP) is 5.57. The van der Waals surface area contributed by atoms with Crippen LogP contribution in [-0.4, -0.2) is 17.1 Å². The second-order valence-electron chi connectivity index (χ2n) is 5.14. The van der Waals surface area contributed by atoms with E-state index in [0.717, 1.165) is 17.7 Å². The molecule has 142 valence electrons. The number of nitrogens with two attached hydrogens (primary N) is 1. The lowest BCUT2D eigenvalue weighted by Crippen LogP contribution is -2.14. The molecule has 0 unspecified atom stereocenters. The predicted molar refractivity (Wildman–Crippen MR) is 102 cm³/mol. The first-order chi connectivity index (χ1) is 12.1. The van der Waals surface area contributed by atoms with Crippen LogP contribution in [0.15, 0.2) is 71.4 Å². The lowest BCUT2D eigenvalue weighted by molar-refractivity contribution is -0.0881. The van der Waals surface area contributed by atoms with Gasteiger partial charge in [0.15, 0.2) is 0 Å². The van der Waals surface area contributed by atoms with Gasteiger partial charge in [-0.25, -0.2) is 4.99 Å². The molecule has 0 aromatic heterocycles. The fourth-order valence-corrected chi connectivity index (χ4v) is 1.74. The number of hydrogen-bond donors (Lipinski definition) is 2. The van der Waals surface area contributed by atoms with Crippen molar-refractivity contribution in [2.24, 2.45) is 10.7 Å². The fraction of sp³-hybridized carbons (Fsp3) is 0.250. The number of allylic oxidation sites excluding steroid dienone is 5. The molecule has 0 radical (unpaired) electrons. The van der Waals surface area contributed by atoms with E-state index in [0.29, 0.717) is 11.1 Å². The summed E-state index contributed by atoms with van der Waals surface area (Å²) in [4.78, 5) is 4.05.